The molecule has 0 N–H and O–H groups in total. The van der Waals surface area contributed by atoms with Crippen LogP contribution < -0.4 is 10.3 Å². The molecule has 0 amide bonds. The summed E-state index contributed by atoms with van der Waals surface area (Å²) in [7, 11) is 3.43. The van der Waals surface area contributed by atoms with Gasteiger partial charge in [0.1, 0.15) is 16.3 Å². The summed E-state index contributed by atoms with van der Waals surface area (Å²) in [6.07, 6.45) is 0. The van der Waals surface area contributed by atoms with Crippen molar-refractivity contribution >= 4 is 44.3 Å². The highest BCUT2D eigenvalue weighted by Crippen LogP contribution is 2.28. The first-order chi connectivity index (χ1) is 14.7. The molecular weight excluding hydrogens is 416 g/mol. The minimum Gasteiger partial charge on any atom is -0.497 e. The van der Waals surface area contributed by atoms with Crippen molar-refractivity contribution < 1.29 is 4.74 Å². The Morgan fingerprint density at radius 3 is 2.63 bits per heavy atom. The Labute approximate surface area is 180 Å². The summed E-state index contributed by atoms with van der Waals surface area (Å²) in [4.78, 5) is 22.1. The van der Waals surface area contributed by atoms with E-state index in [4.69, 9.17) is 9.72 Å². The van der Waals surface area contributed by atoms with Crippen molar-refractivity contribution in [3.05, 3.63) is 76.2 Å². The number of benzene rings is 2. The number of hydrogen-bond acceptors (Lipinski definition) is 6. The Morgan fingerprint density at radius 1 is 1.03 bits per heavy atom. The zero-order chi connectivity index (χ0) is 20.7. The molecule has 0 aliphatic rings. The average Bonchev–Trinajstić information content (AvgIpc) is 3.39. The number of aromatic nitrogens is 4. The van der Waals surface area contributed by atoms with Crippen molar-refractivity contribution in [3.8, 4) is 11.4 Å². The maximum Gasteiger partial charge on any atom is 0.271 e. The number of methoxy groups -OCH3 is 1. The molecular formula is C22H18N4O2S2. The Hall–Kier alpha value is -3.10. The topological polar surface area (TPSA) is 61.9 Å². The number of para-hydroxylation sites is 2. The van der Waals surface area contributed by atoms with E-state index in [1.807, 2.05) is 53.9 Å². The van der Waals surface area contributed by atoms with Crippen molar-refractivity contribution in [3.63, 3.8) is 0 Å². The first kappa shape index (κ1) is 18.9. The van der Waals surface area contributed by atoms with Crippen LogP contribution in [0.4, 0.5) is 0 Å². The number of fused-ring (bicyclic) bond motifs is 2. The van der Waals surface area contributed by atoms with E-state index in [2.05, 4.69) is 15.6 Å². The normalized spacial score (nSPS) is 11.4. The molecule has 8 heteroatoms. The van der Waals surface area contributed by atoms with Crippen molar-refractivity contribution in [2.45, 2.75) is 10.9 Å². The summed E-state index contributed by atoms with van der Waals surface area (Å²) in [5.41, 5.74) is 3.71. The van der Waals surface area contributed by atoms with Crippen molar-refractivity contribution in [2.75, 3.05) is 7.11 Å². The Bertz CT molecular complexity index is 1420. The predicted octanol–water partition coefficient (Wildman–Crippen LogP) is 4.63. The molecule has 150 valence electrons. The summed E-state index contributed by atoms with van der Waals surface area (Å²) in [5, 5.41) is 2.58. The van der Waals surface area contributed by atoms with Crippen molar-refractivity contribution in [1.82, 2.24) is 19.1 Å². The molecule has 0 fully saturated rings. The van der Waals surface area contributed by atoms with Crippen LogP contribution >= 0.6 is 23.1 Å². The van der Waals surface area contributed by atoms with Gasteiger partial charge in [-0.05, 0) is 47.8 Å². The lowest BCUT2D eigenvalue weighted by Gasteiger charge is -2.11. The van der Waals surface area contributed by atoms with Crippen LogP contribution in [0.15, 0.2) is 69.9 Å². The Morgan fingerprint density at radius 2 is 1.83 bits per heavy atom. The van der Waals surface area contributed by atoms with Gasteiger partial charge in [0.05, 0.1) is 29.4 Å². The smallest absolute Gasteiger partial charge is 0.271 e. The van der Waals surface area contributed by atoms with Gasteiger partial charge in [0.25, 0.3) is 5.56 Å². The lowest BCUT2D eigenvalue weighted by molar-refractivity contribution is 0.414. The molecule has 6 nitrogen and oxygen atoms in total. The zero-order valence-electron chi connectivity index (χ0n) is 16.4. The molecule has 2 aromatic carbocycles. The molecule has 0 saturated carbocycles. The largest absolute Gasteiger partial charge is 0.497 e. The van der Waals surface area contributed by atoms with E-state index in [-0.39, 0.29) is 5.56 Å². The molecule has 5 aromatic rings. The maximum atomic E-state index is 12.6. The molecule has 0 bridgehead atoms. The van der Waals surface area contributed by atoms with E-state index in [1.165, 1.54) is 23.1 Å². The number of rotatable bonds is 5. The van der Waals surface area contributed by atoms with Gasteiger partial charge < -0.3 is 4.74 Å². The Balaban J connectivity index is 1.56. The minimum absolute atomic E-state index is 0.0128. The van der Waals surface area contributed by atoms with Gasteiger partial charge in [-0.15, -0.1) is 11.3 Å². The van der Waals surface area contributed by atoms with Crippen LogP contribution in [0.25, 0.3) is 26.9 Å². The molecule has 3 heterocycles. The first-order valence-corrected chi connectivity index (χ1v) is 11.2. The fraction of sp³-hybridized carbons (Fsp3) is 0.136. The zero-order valence-corrected chi connectivity index (χ0v) is 18.0. The van der Waals surface area contributed by atoms with Gasteiger partial charge in [0.2, 0.25) is 0 Å². The monoisotopic (exact) mass is 434 g/mol. The van der Waals surface area contributed by atoms with Crippen LogP contribution in [-0.4, -0.2) is 26.2 Å². The molecule has 0 spiro atoms. The minimum atomic E-state index is -0.0128. The summed E-state index contributed by atoms with van der Waals surface area (Å²) in [5.74, 6) is 2.28. The van der Waals surface area contributed by atoms with Gasteiger partial charge >= 0.3 is 0 Å². The second-order valence-corrected chi connectivity index (χ2v) is 8.59. The molecule has 0 saturated heterocycles. The Kier molecular flexibility index (Phi) is 4.80. The van der Waals surface area contributed by atoms with E-state index in [9.17, 15) is 4.79 Å². The van der Waals surface area contributed by atoms with E-state index < -0.39 is 0 Å². The quantitative estimate of drug-likeness (QED) is 0.298. The van der Waals surface area contributed by atoms with Crippen LogP contribution in [0.2, 0.25) is 0 Å². The standard InChI is InChI=1S/C22H18N4O2S2/c1-25-21(27)20-17(11-12-29-20)24-22(25)30-13-19-23-16-5-3-4-6-18(16)26(19)14-7-9-15(28-2)10-8-14/h3-12H,13H2,1-2H3. The summed E-state index contributed by atoms with van der Waals surface area (Å²) >= 11 is 2.94. The first-order valence-electron chi connectivity index (χ1n) is 9.33. The summed E-state index contributed by atoms with van der Waals surface area (Å²) in [6.45, 7) is 0. The van der Waals surface area contributed by atoms with Crippen LogP contribution in [0.5, 0.6) is 5.75 Å². The highest BCUT2D eigenvalue weighted by atomic mass is 32.2. The van der Waals surface area contributed by atoms with Gasteiger partial charge in [0.15, 0.2) is 5.16 Å². The number of hydrogen-bond donors (Lipinski definition) is 0. The van der Waals surface area contributed by atoms with Gasteiger partial charge in [0, 0.05) is 12.7 Å². The number of thioether (sulfide) groups is 1. The van der Waals surface area contributed by atoms with Crippen LogP contribution in [0.1, 0.15) is 5.82 Å². The predicted molar refractivity (Wildman–Crippen MR) is 122 cm³/mol. The van der Waals surface area contributed by atoms with Crippen molar-refractivity contribution in [2.24, 2.45) is 7.05 Å². The SMILES string of the molecule is COc1ccc(-n2c(CSc3nc4ccsc4c(=O)n3C)nc3ccccc32)cc1. The van der Waals surface area contributed by atoms with Gasteiger partial charge in [-0.25, -0.2) is 9.97 Å². The average molecular weight is 435 g/mol. The number of imidazole rings is 1. The molecule has 0 radical (unpaired) electrons. The second-order valence-electron chi connectivity index (χ2n) is 6.73. The van der Waals surface area contributed by atoms with E-state index >= 15 is 0 Å². The van der Waals surface area contributed by atoms with E-state index in [1.54, 1.807) is 18.7 Å². The third kappa shape index (κ3) is 3.18. The number of nitrogens with zero attached hydrogens (tertiary/aromatic N) is 4. The highest BCUT2D eigenvalue weighted by Gasteiger charge is 2.15. The fourth-order valence-corrected chi connectivity index (χ4v) is 5.11. The van der Waals surface area contributed by atoms with Crippen LogP contribution in [0.3, 0.4) is 0 Å². The second kappa shape index (κ2) is 7.62. The fourth-order valence-electron chi connectivity index (χ4n) is 3.42. The van der Waals surface area contributed by atoms with Gasteiger partial charge in [-0.3, -0.25) is 13.9 Å². The molecule has 0 atom stereocenters. The van der Waals surface area contributed by atoms with Crippen LogP contribution in [0, 0.1) is 0 Å². The lowest BCUT2D eigenvalue weighted by Crippen LogP contribution is -2.19. The van der Waals surface area contributed by atoms with Gasteiger partial charge in [-0.2, -0.15) is 0 Å². The number of thiophene rings is 1. The highest BCUT2D eigenvalue weighted by molar-refractivity contribution is 7.98. The molecule has 30 heavy (non-hydrogen) atoms. The summed E-state index contributed by atoms with van der Waals surface area (Å²) < 4.78 is 9.74. The van der Waals surface area contributed by atoms with E-state index in [0.29, 0.717) is 15.6 Å². The third-order valence-electron chi connectivity index (χ3n) is 4.94. The molecule has 3 aromatic heterocycles. The molecule has 0 aliphatic heterocycles. The molecule has 5 rings (SSSR count). The molecule has 0 unspecified atom stereocenters. The maximum absolute atomic E-state index is 12.6. The summed E-state index contributed by atoms with van der Waals surface area (Å²) in [6, 6.07) is 17.9. The van der Waals surface area contributed by atoms with E-state index in [0.717, 1.165) is 33.8 Å². The van der Waals surface area contributed by atoms with Gasteiger partial charge in [-0.1, -0.05) is 23.9 Å². The lowest BCUT2D eigenvalue weighted by atomic mass is 10.2. The van der Waals surface area contributed by atoms with Crippen LogP contribution in [-0.2, 0) is 12.8 Å². The number of ether oxygens (including phenoxy) is 1. The third-order valence-corrected chi connectivity index (χ3v) is 6.86. The van der Waals surface area contributed by atoms with Crippen molar-refractivity contribution in [1.29, 1.82) is 0 Å². The molecule has 0 aliphatic carbocycles.